The molecule has 0 heterocycles. The van der Waals surface area contributed by atoms with Crippen molar-refractivity contribution in [1.82, 2.24) is 0 Å². The minimum Gasteiger partial charge on any atom is -0.871 e. The van der Waals surface area contributed by atoms with Gasteiger partial charge in [-0.1, -0.05) is 42.1 Å². The summed E-state index contributed by atoms with van der Waals surface area (Å²) in [6.45, 7) is 0. The molecule has 1 atom stereocenters. The van der Waals surface area contributed by atoms with Gasteiger partial charge in [-0.3, -0.25) is 19.7 Å². The van der Waals surface area contributed by atoms with E-state index in [4.69, 9.17) is 10.8 Å². The number of nitro benzene ring substituents is 1. The third-order valence-electron chi connectivity index (χ3n) is 5.88. The first-order chi connectivity index (χ1) is 20.2. The van der Waals surface area contributed by atoms with E-state index < -0.39 is 22.9 Å². The molecule has 16 heteroatoms. The molecular formula is C29H18I4N2Na2O8. The van der Waals surface area contributed by atoms with Crippen LogP contribution in [-0.2, 0) is 16.0 Å². The number of aliphatic carboxylic acids is 1. The largest absolute Gasteiger partial charge is 1.00 e. The minimum absolute atomic E-state index is 0. The van der Waals surface area contributed by atoms with Crippen molar-refractivity contribution in [3.05, 3.63) is 125 Å². The van der Waals surface area contributed by atoms with Crippen LogP contribution in [0.5, 0.6) is 5.75 Å². The molecule has 0 amide bonds. The van der Waals surface area contributed by atoms with E-state index in [1.807, 2.05) is 90.4 Å². The van der Waals surface area contributed by atoms with Crippen LogP contribution < -0.4 is 75.1 Å². The van der Waals surface area contributed by atoms with Crippen LogP contribution in [0.25, 0.3) is 5.57 Å². The Morgan fingerprint density at radius 3 is 1.91 bits per heavy atom. The maximum absolute atomic E-state index is 12.2. The number of non-ortho nitro benzene ring substituents is 1. The molecule has 3 aromatic carbocycles. The number of allylic oxidation sites excluding steroid dienone is 5. The molecule has 1 aliphatic carbocycles. The number of rotatable bonds is 7. The topological polar surface area (TPSA) is 187 Å². The van der Waals surface area contributed by atoms with Gasteiger partial charge in [0.25, 0.3) is 5.69 Å². The van der Waals surface area contributed by atoms with Gasteiger partial charge in [0.1, 0.15) is 6.04 Å². The van der Waals surface area contributed by atoms with Gasteiger partial charge in [-0.05, 0) is 149 Å². The molecule has 45 heavy (non-hydrogen) atoms. The van der Waals surface area contributed by atoms with Gasteiger partial charge in [0.15, 0.2) is 0 Å². The Hall–Kier alpha value is -0.430. The van der Waals surface area contributed by atoms with Crippen LogP contribution in [-0.4, -0.2) is 33.8 Å². The van der Waals surface area contributed by atoms with Gasteiger partial charge in [-0.2, -0.15) is 0 Å². The zero-order valence-corrected chi connectivity index (χ0v) is 36.2. The Morgan fingerprint density at radius 1 is 0.889 bits per heavy atom. The molecule has 0 saturated heterocycles. The summed E-state index contributed by atoms with van der Waals surface area (Å²) in [5.41, 5.74) is 8.33. The van der Waals surface area contributed by atoms with Gasteiger partial charge >= 0.3 is 65.1 Å². The number of carbonyl (C=O) groups excluding carboxylic acids is 2. The van der Waals surface area contributed by atoms with E-state index in [-0.39, 0.29) is 88.3 Å². The molecule has 222 valence electrons. The van der Waals surface area contributed by atoms with Gasteiger partial charge < -0.3 is 25.8 Å². The van der Waals surface area contributed by atoms with Gasteiger partial charge in [0.05, 0.1) is 18.1 Å². The van der Waals surface area contributed by atoms with Crippen LogP contribution in [0.3, 0.4) is 0 Å². The average molecular weight is 1080 g/mol. The van der Waals surface area contributed by atoms with Gasteiger partial charge in [-0.25, -0.2) is 0 Å². The first-order valence-corrected chi connectivity index (χ1v) is 16.2. The number of hydrogen-bond donors (Lipinski definition) is 2. The number of hydrogen-bond acceptors (Lipinski definition) is 8. The molecule has 0 aromatic heterocycles. The Bertz CT molecular complexity index is 1700. The second-order valence-electron chi connectivity index (χ2n) is 8.82. The van der Waals surface area contributed by atoms with Crippen LogP contribution in [0.1, 0.15) is 27.0 Å². The molecule has 10 nitrogen and oxygen atoms in total. The molecule has 0 fully saturated rings. The standard InChI is InChI=1S/C20H10I4O4.C9H10N2O4.2Na/c21-13-5-9(6-14(22)18(13)25)17(10-7-15(23)19(26)16(24)8-10)11-3-1-2-4-12(11)20(27)28;10-8(9(12)13)5-6-2-1-3-7(4-6)11(14)15;;/h1-8,25H,(H,27,28);1-4,8H,5,10H2,(H,12,13);;/q;;2*+1/p-2/t;8-;;/m.0../s1. The van der Waals surface area contributed by atoms with E-state index in [1.165, 1.54) is 24.3 Å². The zero-order chi connectivity index (χ0) is 32.0. The molecule has 0 radical (unpaired) electrons. The number of ketones is 1. The molecular weight excluding hydrogens is 1060 g/mol. The minimum atomic E-state index is -1.29. The fraction of sp³-hybridized carbons (Fsp3) is 0.0690. The van der Waals surface area contributed by atoms with Crippen molar-refractivity contribution in [1.29, 1.82) is 0 Å². The van der Waals surface area contributed by atoms with Crippen LogP contribution in [0.2, 0.25) is 0 Å². The number of carboxylic acids is 2. The van der Waals surface area contributed by atoms with Crippen LogP contribution in [0, 0.1) is 17.3 Å². The molecule has 1 aliphatic rings. The normalized spacial score (nSPS) is 12.6. The van der Waals surface area contributed by atoms with Crippen LogP contribution in [0.15, 0.2) is 85.5 Å². The van der Waals surface area contributed by atoms with Crippen LogP contribution >= 0.6 is 90.4 Å². The number of aromatic carboxylic acids is 1. The van der Waals surface area contributed by atoms with E-state index in [9.17, 15) is 34.7 Å². The van der Waals surface area contributed by atoms with Crippen molar-refractivity contribution in [2.75, 3.05) is 0 Å². The van der Waals surface area contributed by atoms with Crippen molar-refractivity contribution >= 4 is 119 Å². The second-order valence-corrected chi connectivity index (χ2v) is 13.5. The summed E-state index contributed by atoms with van der Waals surface area (Å²) in [5, 5.41) is 42.9. The summed E-state index contributed by atoms with van der Waals surface area (Å²) in [6, 6.07) is 14.8. The third kappa shape index (κ3) is 11.6. The monoisotopic (exact) mass is 1080 g/mol. The predicted molar refractivity (Wildman–Crippen MR) is 190 cm³/mol. The summed E-state index contributed by atoms with van der Waals surface area (Å²) < 4.78 is 2.14. The Kier molecular flexibility index (Phi) is 18.5. The van der Waals surface area contributed by atoms with E-state index in [1.54, 1.807) is 48.6 Å². The summed E-state index contributed by atoms with van der Waals surface area (Å²) >= 11 is 7.90. The molecule has 3 aromatic rings. The average Bonchev–Trinajstić information content (AvgIpc) is 2.95. The fourth-order valence-electron chi connectivity index (χ4n) is 3.90. The Balaban J connectivity index is 0.000000510. The van der Waals surface area contributed by atoms with Gasteiger partial charge in [-0.15, -0.1) is 0 Å². The molecule has 0 saturated carbocycles. The number of halogens is 4. The number of Topliss-reactive ketones (excluding diaryl/α,β-unsaturated/α-hetero) is 1. The van der Waals surface area contributed by atoms with Crippen molar-refractivity contribution in [2.45, 2.75) is 12.5 Å². The predicted octanol–water partition coefficient (Wildman–Crippen LogP) is -1.09. The maximum atomic E-state index is 12.2. The maximum Gasteiger partial charge on any atom is 1.00 e. The number of carbonyl (C=O) groups is 3. The van der Waals surface area contributed by atoms with Gasteiger partial charge in [0, 0.05) is 24.8 Å². The second kappa shape index (κ2) is 19.5. The molecule has 0 aliphatic heterocycles. The summed E-state index contributed by atoms with van der Waals surface area (Å²) in [4.78, 5) is 44.3. The van der Waals surface area contributed by atoms with E-state index in [0.717, 1.165) is 0 Å². The summed E-state index contributed by atoms with van der Waals surface area (Å²) in [7, 11) is 0. The summed E-state index contributed by atoms with van der Waals surface area (Å²) in [6.07, 6.45) is 3.55. The number of nitro groups is 1. The summed E-state index contributed by atoms with van der Waals surface area (Å²) in [5.74, 6) is -2.56. The fourth-order valence-corrected chi connectivity index (χ4v) is 7.44. The van der Waals surface area contributed by atoms with Crippen molar-refractivity contribution in [2.24, 2.45) is 5.73 Å². The zero-order valence-electron chi connectivity index (χ0n) is 23.6. The number of nitrogens with zero attached hydrogens (tertiary/aromatic N) is 1. The first-order valence-electron chi connectivity index (χ1n) is 11.9. The quantitative estimate of drug-likeness (QED) is 0.129. The first kappa shape index (κ1) is 42.6. The number of nitrogens with two attached hydrogens (primary N) is 1. The van der Waals surface area contributed by atoms with Crippen molar-refractivity contribution in [3.8, 4) is 5.75 Å². The Morgan fingerprint density at radius 2 is 1.42 bits per heavy atom. The molecule has 0 bridgehead atoms. The Labute approximate surface area is 356 Å². The van der Waals surface area contributed by atoms with Crippen molar-refractivity contribution < 1.29 is 93.7 Å². The van der Waals surface area contributed by atoms with E-state index in [0.29, 0.717) is 42.1 Å². The molecule has 0 spiro atoms. The van der Waals surface area contributed by atoms with E-state index >= 15 is 0 Å². The third-order valence-corrected chi connectivity index (χ3v) is 9.09. The SMILES string of the molecule is N[C@@H](Cc1cccc([N+](=O)[O-])c1)C(=O)O.O=C1C(I)=CC(=C(c2cc(I)c([O-])c(I)c2)c2ccccc2C(=O)[O-])C=C1I.[Na+].[Na+]. The number of carboxylic acid groups (broad SMARTS) is 2. The van der Waals surface area contributed by atoms with E-state index in [2.05, 4.69) is 0 Å². The van der Waals surface area contributed by atoms with Crippen molar-refractivity contribution in [3.63, 3.8) is 0 Å². The molecule has 3 N–H and O–H groups in total. The number of benzene rings is 3. The molecule has 0 unspecified atom stereocenters. The molecule has 4 rings (SSSR count). The van der Waals surface area contributed by atoms with Gasteiger partial charge in [0.2, 0.25) is 5.78 Å². The smallest absolute Gasteiger partial charge is 0.871 e. The van der Waals surface area contributed by atoms with Crippen LogP contribution in [0.4, 0.5) is 5.69 Å².